The third-order valence-corrected chi connectivity index (χ3v) is 2.61. The molecule has 2 rings (SSSR count). The molecule has 1 amide bonds. The molecule has 0 spiro atoms. The van der Waals surface area contributed by atoms with Gasteiger partial charge in [0.05, 0.1) is 18.0 Å². The number of nitrogens with one attached hydrogen (secondary N) is 1. The fourth-order valence-electron chi connectivity index (χ4n) is 1.68. The Morgan fingerprint density at radius 1 is 1.39 bits per heavy atom. The lowest BCUT2D eigenvalue weighted by Crippen LogP contribution is -2.32. The highest BCUT2D eigenvalue weighted by Crippen LogP contribution is 2.11. The molecule has 18 heavy (non-hydrogen) atoms. The molecule has 1 heterocycles. The standard InChI is InChI=1S/C14H13N3O/c1-10(8-9-15)16-14(18)13-7-6-11-4-2-3-5-12(11)17-13/h2-7,10H,8H2,1H3,(H,16,18). The number of pyridine rings is 1. The molecule has 4 nitrogen and oxygen atoms in total. The SMILES string of the molecule is CC(CC#N)NC(=O)c1ccc2ccccc2n1. The number of benzene rings is 1. The number of para-hydroxylation sites is 1. The van der Waals surface area contributed by atoms with Crippen LogP contribution in [0.5, 0.6) is 0 Å². The first-order valence-electron chi connectivity index (χ1n) is 5.74. The number of aromatic nitrogens is 1. The second-order valence-corrected chi connectivity index (χ2v) is 4.13. The minimum atomic E-state index is -0.247. The van der Waals surface area contributed by atoms with E-state index in [0.29, 0.717) is 12.1 Å². The van der Waals surface area contributed by atoms with E-state index >= 15 is 0 Å². The fourth-order valence-corrected chi connectivity index (χ4v) is 1.68. The first-order chi connectivity index (χ1) is 8.70. The van der Waals surface area contributed by atoms with E-state index in [1.165, 1.54) is 0 Å². The minimum absolute atomic E-state index is 0.171. The van der Waals surface area contributed by atoms with E-state index in [1.807, 2.05) is 36.4 Å². The zero-order chi connectivity index (χ0) is 13.0. The summed E-state index contributed by atoms with van der Waals surface area (Å²) in [5, 5.41) is 12.3. The molecule has 0 aliphatic rings. The van der Waals surface area contributed by atoms with E-state index < -0.39 is 0 Å². The lowest BCUT2D eigenvalue weighted by Gasteiger charge is -2.09. The van der Waals surface area contributed by atoms with Crippen molar-refractivity contribution in [2.45, 2.75) is 19.4 Å². The van der Waals surface area contributed by atoms with Crippen LogP contribution in [0.4, 0.5) is 0 Å². The van der Waals surface area contributed by atoms with Crippen LogP contribution in [0.1, 0.15) is 23.8 Å². The van der Waals surface area contributed by atoms with Gasteiger partial charge in [-0.25, -0.2) is 4.98 Å². The number of nitriles is 1. The highest BCUT2D eigenvalue weighted by atomic mass is 16.1. The maximum atomic E-state index is 11.9. The summed E-state index contributed by atoms with van der Waals surface area (Å²) in [6.45, 7) is 1.79. The zero-order valence-corrected chi connectivity index (χ0v) is 10.1. The smallest absolute Gasteiger partial charge is 0.270 e. The average molecular weight is 239 g/mol. The predicted octanol–water partition coefficient (Wildman–Crippen LogP) is 2.27. The Morgan fingerprint density at radius 2 is 2.17 bits per heavy atom. The number of amides is 1. The van der Waals surface area contributed by atoms with Crippen molar-refractivity contribution in [3.63, 3.8) is 0 Å². The Balaban J connectivity index is 2.21. The lowest BCUT2D eigenvalue weighted by atomic mass is 10.2. The van der Waals surface area contributed by atoms with Gasteiger partial charge in [0.15, 0.2) is 0 Å². The van der Waals surface area contributed by atoms with Gasteiger partial charge in [0, 0.05) is 11.4 Å². The summed E-state index contributed by atoms with van der Waals surface area (Å²) < 4.78 is 0. The van der Waals surface area contributed by atoms with E-state index in [0.717, 1.165) is 10.9 Å². The van der Waals surface area contributed by atoms with Crippen molar-refractivity contribution in [1.29, 1.82) is 5.26 Å². The molecule has 1 aromatic heterocycles. The molecule has 0 bridgehead atoms. The van der Waals surface area contributed by atoms with Gasteiger partial charge in [0.2, 0.25) is 0 Å². The molecule has 1 aromatic carbocycles. The van der Waals surface area contributed by atoms with Crippen LogP contribution in [-0.4, -0.2) is 16.9 Å². The van der Waals surface area contributed by atoms with Crippen LogP contribution in [0.15, 0.2) is 36.4 Å². The highest BCUT2D eigenvalue weighted by molar-refractivity contribution is 5.95. The fraction of sp³-hybridized carbons (Fsp3) is 0.214. The molecule has 0 saturated carbocycles. The van der Waals surface area contributed by atoms with Crippen LogP contribution < -0.4 is 5.32 Å². The van der Waals surface area contributed by atoms with Gasteiger partial charge in [-0.1, -0.05) is 24.3 Å². The van der Waals surface area contributed by atoms with Gasteiger partial charge in [-0.3, -0.25) is 4.79 Å². The molecule has 1 atom stereocenters. The van der Waals surface area contributed by atoms with Crippen LogP contribution in [0.25, 0.3) is 10.9 Å². The number of hydrogen-bond donors (Lipinski definition) is 1. The van der Waals surface area contributed by atoms with E-state index in [-0.39, 0.29) is 11.9 Å². The molecule has 1 N–H and O–H groups in total. The van der Waals surface area contributed by atoms with Gasteiger partial charge in [-0.15, -0.1) is 0 Å². The monoisotopic (exact) mass is 239 g/mol. The average Bonchev–Trinajstić information content (AvgIpc) is 2.38. The van der Waals surface area contributed by atoms with Crippen LogP contribution in [0, 0.1) is 11.3 Å². The maximum absolute atomic E-state index is 11.9. The van der Waals surface area contributed by atoms with Crippen molar-refractivity contribution in [2.75, 3.05) is 0 Å². The number of carbonyl (C=O) groups is 1. The summed E-state index contributed by atoms with van der Waals surface area (Å²) in [6.07, 6.45) is 0.291. The number of rotatable bonds is 3. The van der Waals surface area contributed by atoms with Gasteiger partial charge in [-0.05, 0) is 19.1 Å². The lowest BCUT2D eigenvalue weighted by molar-refractivity contribution is 0.0936. The van der Waals surface area contributed by atoms with E-state index in [4.69, 9.17) is 5.26 Å². The zero-order valence-electron chi connectivity index (χ0n) is 10.1. The molecule has 2 aromatic rings. The van der Waals surface area contributed by atoms with Gasteiger partial charge in [0.1, 0.15) is 5.69 Å². The first kappa shape index (κ1) is 12.1. The molecule has 4 heteroatoms. The first-order valence-corrected chi connectivity index (χ1v) is 5.74. The highest BCUT2D eigenvalue weighted by Gasteiger charge is 2.11. The largest absolute Gasteiger partial charge is 0.347 e. The van der Waals surface area contributed by atoms with Crippen molar-refractivity contribution >= 4 is 16.8 Å². The summed E-state index contributed by atoms with van der Waals surface area (Å²) in [4.78, 5) is 16.2. The van der Waals surface area contributed by atoms with E-state index in [1.54, 1.807) is 13.0 Å². The van der Waals surface area contributed by atoms with Crippen molar-refractivity contribution in [2.24, 2.45) is 0 Å². The molecule has 0 fully saturated rings. The van der Waals surface area contributed by atoms with E-state index in [9.17, 15) is 4.79 Å². The molecule has 0 radical (unpaired) electrons. The van der Waals surface area contributed by atoms with Crippen LogP contribution in [-0.2, 0) is 0 Å². The molecule has 0 aliphatic heterocycles. The maximum Gasteiger partial charge on any atom is 0.270 e. The Kier molecular flexibility index (Phi) is 3.54. The number of fused-ring (bicyclic) bond motifs is 1. The van der Waals surface area contributed by atoms with Gasteiger partial charge < -0.3 is 5.32 Å². The second kappa shape index (κ2) is 5.28. The quantitative estimate of drug-likeness (QED) is 0.893. The van der Waals surface area contributed by atoms with E-state index in [2.05, 4.69) is 10.3 Å². The van der Waals surface area contributed by atoms with Gasteiger partial charge in [-0.2, -0.15) is 5.26 Å². The summed E-state index contributed by atoms with van der Waals surface area (Å²) in [6, 6.07) is 13.0. The minimum Gasteiger partial charge on any atom is -0.347 e. The third kappa shape index (κ3) is 2.64. The van der Waals surface area contributed by atoms with Crippen molar-refractivity contribution in [3.05, 3.63) is 42.1 Å². The van der Waals surface area contributed by atoms with Crippen LogP contribution in [0.2, 0.25) is 0 Å². The number of nitrogens with zero attached hydrogens (tertiary/aromatic N) is 2. The molecule has 0 aliphatic carbocycles. The molecule has 90 valence electrons. The Hall–Kier alpha value is -2.41. The normalized spacial score (nSPS) is 11.8. The predicted molar refractivity (Wildman–Crippen MR) is 68.9 cm³/mol. The summed E-state index contributed by atoms with van der Waals surface area (Å²) in [7, 11) is 0. The summed E-state index contributed by atoms with van der Waals surface area (Å²) in [5.74, 6) is -0.247. The Labute approximate surface area is 105 Å². The van der Waals surface area contributed by atoms with Crippen molar-refractivity contribution in [3.8, 4) is 6.07 Å². The Bertz CT molecular complexity index is 616. The Morgan fingerprint density at radius 3 is 2.94 bits per heavy atom. The molecular formula is C14H13N3O. The molecule has 0 saturated heterocycles. The number of carbonyl (C=O) groups excluding carboxylic acids is 1. The molecule has 1 unspecified atom stereocenters. The van der Waals surface area contributed by atoms with Gasteiger partial charge >= 0.3 is 0 Å². The second-order valence-electron chi connectivity index (χ2n) is 4.13. The third-order valence-electron chi connectivity index (χ3n) is 2.61. The summed E-state index contributed by atoms with van der Waals surface area (Å²) >= 11 is 0. The van der Waals surface area contributed by atoms with Crippen LogP contribution >= 0.6 is 0 Å². The van der Waals surface area contributed by atoms with Crippen molar-refractivity contribution in [1.82, 2.24) is 10.3 Å². The molecular weight excluding hydrogens is 226 g/mol. The van der Waals surface area contributed by atoms with Crippen LogP contribution in [0.3, 0.4) is 0 Å². The topological polar surface area (TPSA) is 65.8 Å². The number of hydrogen-bond acceptors (Lipinski definition) is 3. The van der Waals surface area contributed by atoms with Gasteiger partial charge in [0.25, 0.3) is 5.91 Å². The summed E-state index contributed by atoms with van der Waals surface area (Å²) in [5.41, 5.74) is 1.16. The van der Waals surface area contributed by atoms with Crippen molar-refractivity contribution < 1.29 is 4.79 Å².